The van der Waals surface area contributed by atoms with Gasteiger partial charge in [-0.15, -0.1) is 0 Å². The zero-order valence-electron chi connectivity index (χ0n) is 11.7. The first-order valence-corrected chi connectivity index (χ1v) is 7.14. The molecule has 1 rings (SSSR count). The van der Waals surface area contributed by atoms with Gasteiger partial charge in [0.1, 0.15) is 5.54 Å². The number of hydrogen-bond donors (Lipinski definition) is 2. The maximum absolute atomic E-state index is 11.2. The monoisotopic (exact) mass is 257 g/mol. The molecule has 0 aromatic rings. The molecule has 18 heavy (non-hydrogen) atoms. The lowest BCUT2D eigenvalue weighted by Crippen LogP contribution is -2.49. The predicted octanol–water partition coefficient (Wildman–Crippen LogP) is 2.43. The minimum Gasteiger partial charge on any atom is -0.480 e. The molecule has 1 fully saturated rings. The summed E-state index contributed by atoms with van der Waals surface area (Å²) in [6.07, 6.45) is 6.44. The second-order valence-electron chi connectivity index (χ2n) is 5.47. The molecular weight excluding hydrogens is 230 g/mol. The van der Waals surface area contributed by atoms with Crippen LogP contribution in [0.15, 0.2) is 0 Å². The third-order valence-corrected chi connectivity index (χ3v) is 3.62. The molecule has 1 atom stereocenters. The zero-order valence-corrected chi connectivity index (χ0v) is 11.7. The van der Waals surface area contributed by atoms with Crippen LogP contribution >= 0.6 is 0 Å². The highest BCUT2D eigenvalue weighted by Crippen LogP contribution is 2.32. The van der Waals surface area contributed by atoms with Crippen molar-refractivity contribution in [2.75, 3.05) is 19.8 Å². The average Bonchev–Trinajstić information content (AvgIpc) is 3.12. The first kappa shape index (κ1) is 15.4. The molecule has 2 N–H and O–H groups in total. The lowest BCUT2D eigenvalue weighted by molar-refractivity contribution is -0.144. The molecule has 1 unspecified atom stereocenters. The molecule has 106 valence electrons. The molecule has 0 saturated heterocycles. The highest BCUT2D eigenvalue weighted by atomic mass is 16.5. The lowest BCUT2D eigenvalue weighted by Gasteiger charge is -2.25. The molecule has 0 aliphatic heterocycles. The summed E-state index contributed by atoms with van der Waals surface area (Å²) >= 11 is 0. The Labute approximate surface area is 110 Å². The van der Waals surface area contributed by atoms with E-state index in [0.29, 0.717) is 13.0 Å². The van der Waals surface area contributed by atoms with Crippen LogP contribution in [0, 0.1) is 5.92 Å². The molecule has 0 aromatic carbocycles. The van der Waals surface area contributed by atoms with Gasteiger partial charge in [-0.3, -0.25) is 4.79 Å². The summed E-state index contributed by atoms with van der Waals surface area (Å²) in [7, 11) is 0. The van der Waals surface area contributed by atoms with Gasteiger partial charge in [0.25, 0.3) is 0 Å². The van der Waals surface area contributed by atoms with Crippen LogP contribution in [0.5, 0.6) is 0 Å². The first-order valence-electron chi connectivity index (χ1n) is 7.14. The summed E-state index contributed by atoms with van der Waals surface area (Å²) < 4.78 is 5.55. The van der Waals surface area contributed by atoms with Crippen molar-refractivity contribution >= 4 is 5.97 Å². The largest absolute Gasteiger partial charge is 0.480 e. The Kier molecular flexibility index (Phi) is 6.65. The SMILES string of the molecule is CCNC(C)(CCCCOCCC1CC1)C(=O)O. The highest BCUT2D eigenvalue weighted by Gasteiger charge is 2.30. The van der Waals surface area contributed by atoms with Crippen LogP contribution in [0.3, 0.4) is 0 Å². The van der Waals surface area contributed by atoms with E-state index >= 15 is 0 Å². The third kappa shape index (κ3) is 5.83. The molecule has 0 bridgehead atoms. The van der Waals surface area contributed by atoms with Crippen molar-refractivity contribution in [2.24, 2.45) is 5.92 Å². The Morgan fingerprint density at radius 3 is 2.67 bits per heavy atom. The molecular formula is C14H27NO3. The Hall–Kier alpha value is -0.610. The van der Waals surface area contributed by atoms with E-state index in [0.717, 1.165) is 32.0 Å². The van der Waals surface area contributed by atoms with E-state index in [1.165, 1.54) is 19.3 Å². The second kappa shape index (κ2) is 7.74. The number of aliphatic carboxylic acids is 1. The van der Waals surface area contributed by atoms with Crippen LogP contribution in [0.2, 0.25) is 0 Å². The van der Waals surface area contributed by atoms with Gasteiger partial charge in [0.05, 0.1) is 0 Å². The molecule has 0 radical (unpaired) electrons. The Bertz CT molecular complexity index is 253. The summed E-state index contributed by atoms with van der Waals surface area (Å²) in [4.78, 5) is 11.2. The van der Waals surface area contributed by atoms with Crippen molar-refractivity contribution < 1.29 is 14.6 Å². The average molecular weight is 257 g/mol. The van der Waals surface area contributed by atoms with Crippen molar-refractivity contribution in [1.29, 1.82) is 0 Å². The van der Waals surface area contributed by atoms with E-state index in [2.05, 4.69) is 5.32 Å². The third-order valence-electron chi connectivity index (χ3n) is 3.62. The van der Waals surface area contributed by atoms with E-state index < -0.39 is 11.5 Å². The minimum atomic E-state index is -0.789. The summed E-state index contributed by atoms with van der Waals surface area (Å²) in [5, 5.41) is 12.2. The van der Waals surface area contributed by atoms with Crippen molar-refractivity contribution in [3.63, 3.8) is 0 Å². The maximum Gasteiger partial charge on any atom is 0.323 e. The van der Waals surface area contributed by atoms with Gasteiger partial charge < -0.3 is 15.2 Å². The normalized spacial score (nSPS) is 18.6. The van der Waals surface area contributed by atoms with Gasteiger partial charge in [0, 0.05) is 13.2 Å². The van der Waals surface area contributed by atoms with Gasteiger partial charge >= 0.3 is 5.97 Å². The predicted molar refractivity (Wildman–Crippen MR) is 71.7 cm³/mol. The number of rotatable bonds is 11. The van der Waals surface area contributed by atoms with Crippen molar-refractivity contribution in [1.82, 2.24) is 5.32 Å². The fourth-order valence-corrected chi connectivity index (χ4v) is 2.10. The van der Waals surface area contributed by atoms with Gasteiger partial charge in [0.15, 0.2) is 0 Å². The summed E-state index contributed by atoms with van der Waals surface area (Å²) in [5.74, 6) is 0.160. The number of ether oxygens (including phenoxy) is 1. The molecule has 1 aliphatic rings. The molecule has 0 spiro atoms. The quantitative estimate of drug-likeness (QED) is 0.558. The maximum atomic E-state index is 11.2. The highest BCUT2D eigenvalue weighted by molar-refractivity contribution is 5.78. The molecule has 1 saturated carbocycles. The zero-order chi connectivity index (χ0) is 13.4. The molecule has 4 heteroatoms. The van der Waals surface area contributed by atoms with Crippen LogP contribution in [-0.4, -0.2) is 36.4 Å². The van der Waals surface area contributed by atoms with Crippen LogP contribution in [0.25, 0.3) is 0 Å². The van der Waals surface area contributed by atoms with Crippen LogP contribution in [0.4, 0.5) is 0 Å². The molecule has 1 aliphatic carbocycles. The number of unbranched alkanes of at least 4 members (excludes halogenated alkanes) is 1. The fourth-order valence-electron chi connectivity index (χ4n) is 2.10. The van der Waals surface area contributed by atoms with Gasteiger partial charge in [-0.05, 0) is 45.1 Å². The number of carboxylic acid groups (broad SMARTS) is 1. The lowest BCUT2D eigenvalue weighted by atomic mass is 9.95. The van der Waals surface area contributed by atoms with E-state index in [1.807, 2.05) is 6.92 Å². The second-order valence-corrected chi connectivity index (χ2v) is 5.47. The number of hydrogen-bond acceptors (Lipinski definition) is 3. The number of carboxylic acids is 1. The van der Waals surface area contributed by atoms with Crippen molar-refractivity contribution in [3.8, 4) is 0 Å². The van der Waals surface area contributed by atoms with Gasteiger partial charge in [-0.1, -0.05) is 19.8 Å². The number of carbonyl (C=O) groups is 1. The van der Waals surface area contributed by atoms with E-state index in [9.17, 15) is 9.90 Å². The summed E-state index contributed by atoms with van der Waals surface area (Å²) in [6, 6.07) is 0. The topological polar surface area (TPSA) is 58.6 Å². The van der Waals surface area contributed by atoms with Crippen LogP contribution in [-0.2, 0) is 9.53 Å². The minimum absolute atomic E-state index is 0.655. The van der Waals surface area contributed by atoms with Crippen LogP contribution < -0.4 is 5.32 Å². The first-order chi connectivity index (χ1) is 8.58. The van der Waals surface area contributed by atoms with Gasteiger partial charge in [-0.25, -0.2) is 0 Å². The molecule has 0 amide bonds. The van der Waals surface area contributed by atoms with Crippen molar-refractivity contribution in [2.45, 2.75) is 57.9 Å². The number of nitrogens with one attached hydrogen (secondary N) is 1. The summed E-state index contributed by atoms with van der Waals surface area (Å²) in [5.41, 5.74) is -0.789. The van der Waals surface area contributed by atoms with Gasteiger partial charge in [-0.2, -0.15) is 0 Å². The molecule has 0 heterocycles. The Balaban J connectivity index is 2.01. The molecule has 0 aromatic heterocycles. The Morgan fingerprint density at radius 2 is 2.11 bits per heavy atom. The van der Waals surface area contributed by atoms with E-state index in [4.69, 9.17) is 4.74 Å². The Morgan fingerprint density at radius 1 is 1.39 bits per heavy atom. The fraction of sp³-hybridized carbons (Fsp3) is 0.929. The van der Waals surface area contributed by atoms with Gasteiger partial charge in [0.2, 0.25) is 0 Å². The van der Waals surface area contributed by atoms with E-state index in [1.54, 1.807) is 6.92 Å². The van der Waals surface area contributed by atoms with E-state index in [-0.39, 0.29) is 0 Å². The molecule has 4 nitrogen and oxygen atoms in total. The number of likely N-dealkylation sites (N-methyl/N-ethyl adjacent to an activating group) is 1. The van der Waals surface area contributed by atoms with Crippen LogP contribution in [0.1, 0.15) is 52.4 Å². The smallest absolute Gasteiger partial charge is 0.323 e. The standard InChI is InChI=1S/C14H27NO3/c1-3-15-14(2,13(16)17)9-4-5-10-18-11-8-12-6-7-12/h12,15H,3-11H2,1-2H3,(H,16,17). The van der Waals surface area contributed by atoms with Crippen molar-refractivity contribution in [3.05, 3.63) is 0 Å². The summed E-state index contributed by atoms with van der Waals surface area (Å²) in [6.45, 7) is 6.00.